The molecule has 74 valence electrons. The van der Waals surface area contributed by atoms with Crippen LogP contribution in [-0.2, 0) is 5.41 Å². The molecule has 0 heterocycles. The minimum Gasteiger partial charge on any atom is -0.298 e. The zero-order valence-corrected chi connectivity index (χ0v) is 9.00. The molecule has 14 heavy (non-hydrogen) atoms. The van der Waals surface area contributed by atoms with Crippen LogP contribution in [0.3, 0.4) is 0 Å². The van der Waals surface area contributed by atoms with Crippen LogP contribution in [0.2, 0.25) is 0 Å². The van der Waals surface area contributed by atoms with Gasteiger partial charge in [0, 0.05) is 5.56 Å². The number of hydrogen-bond donors (Lipinski definition) is 0. The van der Waals surface area contributed by atoms with Gasteiger partial charge in [-0.15, -0.1) is 0 Å². The van der Waals surface area contributed by atoms with Crippen LogP contribution in [0.1, 0.15) is 42.3 Å². The van der Waals surface area contributed by atoms with Gasteiger partial charge in [0.2, 0.25) is 0 Å². The van der Waals surface area contributed by atoms with Crippen LogP contribution >= 0.6 is 0 Å². The molecule has 0 aliphatic heterocycles. The third kappa shape index (κ3) is 2.11. The van der Waals surface area contributed by atoms with Crippen molar-refractivity contribution >= 4 is 12.4 Å². The molecule has 0 aliphatic carbocycles. The summed E-state index contributed by atoms with van der Waals surface area (Å²) in [5, 5.41) is 0. The van der Waals surface area contributed by atoms with Gasteiger partial charge in [-0.1, -0.05) is 45.6 Å². The Morgan fingerprint density at radius 3 is 2.36 bits per heavy atom. The third-order valence-corrected chi connectivity index (χ3v) is 2.25. The second kappa shape index (κ2) is 3.79. The highest BCUT2D eigenvalue weighted by molar-refractivity contribution is 5.79. The molecule has 0 spiro atoms. The highest BCUT2D eigenvalue weighted by Crippen LogP contribution is 2.25. The molecule has 0 radical (unpaired) electrons. The minimum absolute atomic E-state index is 0.00986. The lowest BCUT2D eigenvalue weighted by atomic mass is 9.83. The Hall–Kier alpha value is -1.37. The second-order valence-corrected chi connectivity index (χ2v) is 4.42. The monoisotopic (exact) mass is 188 g/mol. The van der Waals surface area contributed by atoms with Crippen molar-refractivity contribution in [2.45, 2.75) is 26.2 Å². The Kier molecular flexibility index (Phi) is 2.90. The molecule has 0 bridgehead atoms. The number of hydrogen-bond acceptors (Lipinski definition) is 1. The first-order valence-corrected chi connectivity index (χ1v) is 4.71. The van der Waals surface area contributed by atoms with E-state index in [1.54, 1.807) is 6.08 Å². The van der Waals surface area contributed by atoms with Crippen LogP contribution in [0, 0.1) is 0 Å². The van der Waals surface area contributed by atoms with Gasteiger partial charge in [0.25, 0.3) is 0 Å². The van der Waals surface area contributed by atoms with Crippen molar-refractivity contribution in [1.29, 1.82) is 0 Å². The first-order chi connectivity index (χ1) is 6.49. The lowest BCUT2D eigenvalue weighted by Crippen LogP contribution is -2.14. The van der Waals surface area contributed by atoms with Gasteiger partial charge in [-0.05, 0) is 22.6 Å². The van der Waals surface area contributed by atoms with Gasteiger partial charge in [0.05, 0.1) is 0 Å². The molecule has 0 aromatic heterocycles. The molecule has 1 nitrogen and oxygen atoms in total. The predicted octanol–water partition coefficient (Wildman–Crippen LogP) is 3.44. The van der Waals surface area contributed by atoms with E-state index in [-0.39, 0.29) is 5.41 Å². The van der Waals surface area contributed by atoms with Gasteiger partial charge in [-0.25, -0.2) is 0 Å². The fourth-order valence-electron chi connectivity index (χ4n) is 1.49. The molecular formula is C13H16O. The van der Waals surface area contributed by atoms with Crippen LogP contribution in [0.5, 0.6) is 0 Å². The van der Waals surface area contributed by atoms with Gasteiger partial charge in [-0.2, -0.15) is 0 Å². The zero-order valence-electron chi connectivity index (χ0n) is 9.00. The van der Waals surface area contributed by atoms with E-state index >= 15 is 0 Å². The van der Waals surface area contributed by atoms with Gasteiger partial charge < -0.3 is 0 Å². The summed E-state index contributed by atoms with van der Waals surface area (Å²) >= 11 is 0. The smallest absolute Gasteiger partial charge is 0.150 e. The molecule has 0 atom stereocenters. The molecule has 0 unspecified atom stereocenters. The largest absolute Gasteiger partial charge is 0.298 e. The van der Waals surface area contributed by atoms with Crippen LogP contribution in [0.25, 0.3) is 6.08 Å². The highest BCUT2D eigenvalue weighted by Gasteiger charge is 2.17. The van der Waals surface area contributed by atoms with Gasteiger partial charge in [0.1, 0.15) is 6.29 Å². The predicted molar refractivity (Wildman–Crippen MR) is 60.6 cm³/mol. The van der Waals surface area contributed by atoms with Crippen LogP contribution < -0.4 is 0 Å². The lowest BCUT2D eigenvalue weighted by Gasteiger charge is -2.21. The summed E-state index contributed by atoms with van der Waals surface area (Å²) in [6, 6.07) is 5.86. The first-order valence-electron chi connectivity index (χ1n) is 4.71. The maximum Gasteiger partial charge on any atom is 0.150 e. The molecule has 0 aliphatic rings. The summed E-state index contributed by atoms with van der Waals surface area (Å²) < 4.78 is 0. The van der Waals surface area contributed by atoms with Crippen molar-refractivity contribution in [1.82, 2.24) is 0 Å². The Labute approximate surface area is 85.5 Å². The van der Waals surface area contributed by atoms with E-state index in [0.29, 0.717) is 0 Å². The minimum atomic E-state index is 0.00986. The SMILES string of the molecule is C=Cc1ccc(C(C)(C)C)c(C=O)c1. The van der Waals surface area contributed by atoms with Crippen molar-refractivity contribution in [2.24, 2.45) is 0 Å². The topological polar surface area (TPSA) is 17.1 Å². The number of carbonyl (C=O) groups excluding carboxylic acids is 1. The number of benzene rings is 1. The third-order valence-electron chi connectivity index (χ3n) is 2.25. The van der Waals surface area contributed by atoms with E-state index in [4.69, 9.17) is 0 Å². The van der Waals surface area contributed by atoms with Crippen molar-refractivity contribution in [3.05, 3.63) is 41.5 Å². The number of aldehydes is 1. The standard InChI is InChI=1S/C13H16O/c1-5-10-6-7-12(13(2,3)4)11(8-10)9-14/h5-9H,1H2,2-4H3. The maximum atomic E-state index is 10.9. The van der Waals surface area contributed by atoms with E-state index in [1.807, 2.05) is 18.2 Å². The van der Waals surface area contributed by atoms with Crippen molar-refractivity contribution < 1.29 is 4.79 Å². The summed E-state index contributed by atoms with van der Waals surface area (Å²) in [6.45, 7) is 9.98. The summed E-state index contributed by atoms with van der Waals surface area (Å²) in [4.78, 5) is 10.9. The highest BCUT2D eigenvalue weighted by atomic mass is 16.1. The number of carbonyl (C=O) groups is 1. The van der Waals surface area contributed by atoms with E-state index in [0.717, 1.165) is 23.0 Å². The fraction of sp³-hybridized carbons (Fsp3) is 0.308. The molecule has 0 fully saturated rings. The summed E-state index contributed by atoms with van der Waals surface area (Å²) in [5.74, 6) is 0. The molecule has 1 aromatic carbocycles. The Bertz CT molecular complexity index is 356. The van der Waals surface area contributed by atoms with Crippen LogP contribution in [0.4, 0.5) is 0 Å². The second-order valence-electron chi connectivity index (χ2n) is 4.42. The average molecular weight is 188 g/mol. The van der Waals surface area contributed by atoms with Crippen molar-refractivity contribution in [2.75, 3.05) is 0 Å². The molecule has 1 heteroatoms. The summed E-state index contributed by atoms with van der Waals surface area (Å²) in [7, 11) is 0. The van der Waals surface area contributed by atoms with E-state index in [9.17, 15) is 4.79 Å². The Morgan fingerprint density at radius 1 is 1.29 bits per heavy atom. The van der Waals surface area contributed by atoms with Crippen molar-refractivity contribution in [3.8, 4) is 0 Å². The van der Waals surface area contributed by atoms with Gasteiger partial charge in [0.15, 0.2) is 0 Å². The molecule has 0 saturated heterocycles. The summed E-state index contributed by atoms with van der Waals surface area (Å²) in [5.41, 5.74) is 2.84. The molecule has 1 aromatic rings. The van der Waals surface area contributed by atoms with Crippen molar-refractivity contribution in [3.63, 3.8) is 0 Å². The Balaban J connectivity index is 3.32. The molecule has 0 saturated carbocycles. The first kappa shape index (κ1) is 10.7. The Morgan fingerprint density at radius 2 is 1.93 bits per heavy atom. The fourth-order valence-corrected chi connectivity index (χ4v) is 1.49. The lowest BCUT2D eigenvalue weighted by molar-refractivity contribution is 0.112. The molecule has 0 N–H and O–H groups in total. The summed E-state index contributed by atoms with van der Waals surface area (Å²) in [6.07, 6.45) is 2.66. The normalized spacial score (nSPS) is 11.1. The maximum absolute atomic E-state index is 10.9. The van der Waals surface area contributed by atoms with Crippen LogP contribution in [0.15, 0.2) is 24.8 Å². The van der Waals surface area contributed by atoms with Gasteiger partial charge in [-0.3, -0.25) is 4.79 Å². The molecule has 0 amide bonds. The van der Waals surface area contributed by atoms with E-state index in [1.165, 1.54) is 0 Å². The number of rotatable bonds is 2. The average Bonchev–Trinajstić information content (AvgIpc) is 2.15. The van der Waals surface area contributed by atoms with Gasteiger partial charge >= 0.3 is 0 Å². The molecular weight excluding hydrogens is 172 g/mol. The quantitative estimate of drug-likeness (QED) is 0.650. The zero-order chi connectivity index (χ0) is 10.8. The van der Waals surface area contributed by atoms with E-state index in [2.05, 4.69) is 27.4 Å². The van der Waals surface area contributed by atoms with Crippen LogP contribution in [-0.4, -0.2) is 6.29 Å². The molecule has 1 rings (SSSR count). The van der Waals surface area contributed by atoms with E-state index < -0.39 is 0 Å².